The highest BCUT2D eigenvalue weighted by Gasteiger charge is 2.38. The molecule has 1 saturated heterocycles. The summed E-state index contributed by atoms with van der Waals surface area (Å²) < 4.78 is 1.04. The van der Waals surface area contributed by atoms with Crippen molar-refractivity contribution in [3.8, 4) is 0 Å². The van der Waals surface area contributed by atoms with Gasteiger partial charge in [0.15, 0.2) is 0 Å². The van der Waals surface area contributed by atoms with Crippen LogP contribution in [0.4, 0.5) is 5.69 Å². The van der Waals surface area contributed by atoms with Crippen molar-refractivity contribution in [2.45, 2.75) is 39.3 Å². The van der Waals surface area contributed by atoms with Crippen LogP contribution < -0.4 is 15.5 Å². The lowest BCUT2D eigenvalue weighted by Gasteiger charge is -2.43. The van der Waals surface area contributed by atoms with E-state index in [2.05, 4.69) is 56.6 Å². The maximum absolute atomic E-state index is 12.2. The molecule has 1 aromatic rings. The Morgan fingerprint density at radius 1 is 1.43 bits per heavy atom. The van der Waals surface area contributed by atoms with Gasteiger partial charge in [-0.2, -0.15) is 0 Å². The quantitative estimate of drug-likeness (QED) is 0.799. The van der Waals surface area contributed by atoms with Gasteiger partial charge in [0.05, 0.1) is 0 Å². The van der Waals surface area contributed by atoms with Crippen molar-refractivity contribution < 1.29 is 4.79 Å². The SMILES string of the molecule is CCCNCc1ccc(Br)cc1N1CCNC(=O)C1(C)C. The van der Waals surface area contributed by atoms with E-state index in [9.17, 15) is 4.79 Å². The maximum Gasteiger partial charge on any atom is 0.245 e. The third-order valence-corrected chi connectivity index (χ3v) is 4.43. The van der Waals surface area contributed by atoms with Crippen molar-refractivity contribution in [1.82, 2.24) is 10.6 Å². The van der Waals surface area contributed by atoms with E-state index < -0.39 is 5.54 Å². The molecule has 1 fully saturated rings. The van der Waals surface area contributed by atoms with Gasteiger partial charge in [0.2, 0.25) is 5.91 Å². The Labute approximate surface area is 135 Å². The summed E-state index contributed by atoms with van der Waals surface area (Å²) in [5.41, 5.74) is 1.83. The molecule has 1 aromatic carbocycles. The number of carbonyl (C=O) groups excluding carboxylic acids is 1. The summed E-state index contributed by atoms with van der Waals surface area (Å²) in [6.45, 7) is 9.46. The fourth-order valence-electron chi connectivity index (χ4n) is 2.66. The highest BCUT2D eigenvalue weighted by Crippen LogP contribution is 2.31. The van der Waals surface area contributed by atoms with Gasteiger partial charge in [0.25, 0.3) is 0 Å². The second kappa shape index (κ2) is 6.79. The minimum absolute atomic E-state index is 0.0844. The van der Waals surface area contributed by atoms with Crippen molar-refractivity contribution in [2.24, 2.45) is 0 Å². The van der Waals surface area contributed by atoms with E-state index in [1.54, 1.807) is 0 Å². The van der Waals surface area contributed by atoms with Crippen molar-refractivity contribution in [3.63, 3.8) is 0 Å². The number of hydrogen-bond donors (Lipinski definition) is 2. The molecular weight excluding hydrogens is 330 g/mol. The molecule has 0 unspecified atom stereocenters. The molecular formula is C16H24BrN3O. The Morgan fingerprint density at radius 3 is 2.90 bits per heavy atom. The van der Waals surface area contributed by atoms with Crippen LogP contribution in [0, 0.1) is 0 Å². The Hall–Kier alpha value is -1.07. The topological polar surface area (TPSA) is 44.4 Å². The first-order valence-corrected chi connectivity index (χ1v) is 8.31. The third-order valence-electron chi connectivity index (χ3n) is 3.93. The highest BCUT2D eigenvalue weighted by atomic mass is 79.9. The monoisotopic (exact) mass is 353 g/mol. The van der Waals surface area contributed by atoms with E-state index in [1.165, 1.54) is 5.56 Å². The fraction of sp³-hybridized carbons (Fsp3) is 0.562. The third kappa shape index (κ3) is 3.58. The van der Waals surface area contributed by atoms with Crippen molar-refractivity contribution in [2.75, 3.05) is 24.5 Å². The standard InChI is InChI=1S/C16H24BrN3O/c1-4-7-18-11-12-5-6-13(17)10-14(12)20-9-8-19-15(21)16(20,2)3/h5-6,10,18H,4,7-9,11H2,1-3H3,(H,19,21). The minimum Gasteiger partial charge on any atom is -0.355 e. The zero-order chi connectivity index (χ0) is 15.5. The second-order valence-corrected chi connectivity index (χ2v) is 6.83. The number of amides is 1. The number of nitrogens with zero attached hydrogens (tertiary/aromatic N) is 1. The van der Waals surface area contributed by atoms with Crippen molar-refractivity contribution >= 4 is 27.5 Å². The van der Waals surface area contributed by atoms with Crippen LogP contribution in [0.2, 0.25) is 0 Å². The lowest BCUT2D eigenvalue weighted by molar-refractivity contribution is -0.126. The smallest absolute Gasteiger partial charge is 0.245 e. The molecule has 0 radical (unpaired) electrons. The van der Waals surface area contributed by atoms with Crippen LogP contribution in [-0.4, -0.2) is 31.1 Å². The summed E-state index contributed by atoms with van der Waals surface area (Å²) in [6, 6.07) is 6.30. The summed E-state index contributed by atoms with van der Waals surface area (Å²) in [5.74, 6) is 0.0844. The minimum atomic E-state index is -0.529. The molecule has 0 saturated carbocycles. The van der Waals surface area contributed by atoms with Crippen LogP contribution in [0.3, 0.4) is 0 Å². The molecule has 0 aliphatic carbocycles. The van der Waals surface area contributed by atoms with Crippen LogP contribution in [0.25, 0.3) is 0 Å². The number of benzene rings is 1. The van der Waals surface area contributed by atoms with Gasteiger partial charge in [-0.05, 0) is 44.5 Å². The van der Waals surface area contributed by atoms with Gasteiger partial charge in [-0.3, -0.25) is 4.79 Å². The molecule has 1 amide bonds. The van der Waals surface area contributed by atoms with Crippen LogP contribution in [0.1, 0.15) is 32.8 Å². The Morgan fingerprint density at radius 2 is 2.19 bits per heavy atom. The fourth-order valence-corrected chi connectivity index (χ4v) is 3.01. The lowest BCUT2D eigenvalue weighted by Crippen LogP contribution is -2.62. The first-order valence-electron chi connectivity index (χ1n) is 7.52. The zero-order valence-electron chi connectivity index (χ0n) is 13.0. The molecule has 5 heteroatoms. The summed E-state index contributed by atoms with van der Waals surface area (Å²) in [4.78, 5) is 14.4. The van der Waals surface area contributed by atoms with Crippen LogP contribution in [0.15, 0.2) is 22.7 Å². The molecule has 0 atom stereocenters. The first-order chi connectivity index (χ1) is 9.96. The van der Waals surface area contributed by atoms with E-state index in [1.807, 2.05) is 13.8 Å². The number of halogens is 1. The van der Waals surface area contributed by atoms with Gasteiger partial charge in [0, 0.05) is 29.8 Å². The molecule has 4 nitrogen and oxygen atoms in total. The summed E-state index contributed by atoms with van der Waals surface area (Å²) in [6.07, 6.45) is 1.11. The molecule has 2 N–H and O–H groups in total. The number of nitrogens with one attached hydrogen (secondary N) is 2. The van der Waals surface area contributed by atoms with Crippen molar-refractivity contribution in [1.29, 1.82) is 0 Å². The average Bonchev–Trinajstić information content (AvgIpc) is 2.44. The molecule has 2 rings (SSSR count). The zero-order valence-corrected chi connectivity index (χ0v) is 14.6. The molecule has 0 aromatic heterocycles. The Kier molecular flexibility index (Phi) is 5.27. The van der Waals surface area contributed by atoms with E-state index in [0.29, 0.717) is 6.54 Å². The van der Waals surface area contributed by atoms with Gasteiger partial charge in [-0.1, -0.05) is 28.9 Å². The Bertz CT molecular complexity index is 516. The normalized spacial score (nSPS) is 17.7. The predicted octanol–water partition coefficient (Wildman–Crippen LogP) is 2.66. The van der Waals surface area contributed by atoms with Gasteiger partial charge >= 0.3 is 0 Å². The van der Waals surface area contributed by atoms with Crippen LogP contribution in [0.5, 0.6) is 0 Å². The molecule has 116 valence electrons. The van der Waals surface area contributed by atoms with Gasteiger partial charge in [0.1, 0.15) is 5.54 Å². The summed E-state index contributed by atoms with van der Waals surface area (Å²) in [5, 5.41) is 6.40. The van der Waals surface area contributed by atoms with Crippen LogP contribution >= 0.6 is 15.9 Å². The molecule has 21 heavy (non-hydrogen) atoms. The van der Waals surface area contributed by atoms with Crippen molar-refractivity contribution in [3.05, 3.63) is 28.2 Å². The predicted molar refractivity (Wildman–Crippen MR) is 90.6 cm³/mol. The number of anilines is 1. The molecule has 1 aliphatic heterocycles. The summed E-state index contributed by atoms with van der Waals surface area (Å²) >= 11 is 3.55. The van der Waals surface area contributed by atoms with E-state index in [0.717, 1.165) is 36.2 Å². The molecule has 1 heterocycles. The summed E-state index contributed by atoms with van der Waals surface area (Å²) in [7, 11) is 0. The molecule has 0 bridgehead atoms. The number of hydrogen-bond acceptors (Lipinski definition) is 3. The Balaban J connectivity index is 2.32. The highest BCUT2D eigenvalue weighted by molar-refractivity contribution is 9.10. The van der Waals surface area contributed by atoms with E-state index >= 15 is 0 Å². The molecule has 0 spiro atoms. The van der Waals surface area contributed by atoms with Crippen LogP contribution in [-0.2, 0) is 11.3 Å². The second-order valence-electron chi connectivity index (χ2n) is 5.92. The van der Waals surface area contributed by atoms with E-state index in [4.69, 9.17) is 0 Å². The van der Waals surface area contributed by atoms with Gasteiger partial charge in [-0.25, -0.2) is 0 Å². The number of rotatable bonds is 5. The van der Waals surface area contributed by atoms with E-state index in [-0.39, 0.29) is 5.91 Å². The average molecular weight is 354 g/mol. The molecule has 1 aliphatic rings. The van der Waals surface area contributed by atoms with Gasteiger partial charge in [-0.15, -0.1) is 0 Å². The maximum atomic E-state index is 12.2. The lowest BCUT2D eigenvalue weighted by atomic mass is 9.96. The largest absolute Gasteiger partial charge is 0.355 e. The van der Waals surface area contributed by atoms with Gasteiger partial charge < -0.3 is 15.5 Å². The first kappa shape index (κ1) is 16.3. The number of carbonyl (C=O) groups is 1. The number of piperazine rings is 1.